The van der Waals surface area contributed by atoms with Crippen LogP contribution in [-0.2, 0) is 6.54 Å². The maximum absolute atomic E-state index is 12.5. The summed E-state index contributed by atoms with van der Waals surface area (Å²) in [6.45, 7) is 5.28. The molecule has 1 aromatic heterocycles. The van der Waals surface area contributed by atoms with E-state index in [1.165, 1.54) is 0 Å². The van der Waals surface area contributed by atoms with Crippen LogP contribution in [0.5, 0.6) is 0 Å². The van der Waals surface area contributed by atoms with E-state index in [0.29, 0.717) is 6.20 Å². The maximum Gasteiger partial charge on any atom is 0.407 e. The van der Waals surface area contributed by atoms with Gasteiger partial charge in [-0.2, -0.15) is 26.3 Å². The minimum absolute atomic E-state index is 0.0636. The summed E-state index contributed by atoms with van der Waals surface area (Å²) in [7, 11) is 0. The first-order chi connectivity index (χ1) is 8.81. The van der Waals surface area contributed by atoms with E-state index in [-0.39, 0.29) is 18.0 Å². The topological polar surface area (TPSA) is 38.1 Å². The van der Waals surface area contributed by atoms with Crippen LogP contribution in [0.3, 0.4) is 0 Å². The standard InChI is InChI=1S/C11H14F6N2O/c1-9(2,3)19-5-7-18-4-6(20-7)8(10(12,13)14)11(15,16)17/h4,8,19H,5H2,1-3H3. The summed E-state index contributed by atoms with van der Waals surface area (Å²) in [5.41, 5.74) is -0.373. The summed E-state index contributed by atoms with van der Waals surface area (Å²) < 4.78 is 79.4. The lowest BCUT2D eigenvalue weighted by molar-refractivity contribution is -0.257. The van der Waals surface area contributed by atoms with Crippen LogP contribution in [0.1, 0.15) is 38.3 Å². The molecule has 9 heteroatoms. The third kappa shape index (κ3) is 4.69. The van der Waals surface area contributed by atoms with E-state index >= 15 is 0 Å². The van der Waals surface area contributed by atoms with Gasteiger partial charge in [0.2, 0.25) is 11.8 Å². The summed E-state index contributed by atoms with van der Waals surface area (Å²) in [5.74, 6) is -5.14. The molecule has 0 bridgehead atoms. The number of aromatic nitrogens is 1. The molecular formula is C11H14F6N2O. The van der Waals surface area contributed by atoms with Crippen molar-refractivity contribution in [1.29, 1.82) is 0 Å². The Morgan fingerprint density at radius 1 is 1.10 bits per heavy atom. The van der Waals surface area contributed by atoms with Crippen LogP contribution >= 0.6 is 0 Å². The van der Waals surface area contributed by atoms with Gasteiger partial charge in [0, 0.05) is 5.54 Å². The highest BCUT2D eigenvalue weighted by molar-refractivity contribution is 5.08. The fourth-order valence-corrected chi connectivity index (χ4v) is 1.39. The summed E-state index contributed by atoms with van der Waals surface area (Å²) in [5, 5.41) is 2.85. The Bertz CT molecular complexity index is 429. The SMILES string of the molecule is CC(C)(C)NCc1ncc(C(C(F)(F)F)C(F)(F)F)o1. The molecule has 0 aliphatic heterocycles. The first-order valence-corrected chi connectivity index (χ1v) is 5.64. The monoisotopic (exact) mass is 304 g/mol. The maximum atomic E-state index is 12.5. The summed E-state index contributed by atoms with van der Waals surface area (Å²) in [4.78, 5) is 3.44. The Morgan fingerprint density at radius 2 is 1.60 bits per heavy atom. The van der Waals surface area contributed by atoms with Crippen molar-refractivity contribution in [3.8, 4) is 0 Å². The van der Waals surface area contributed by atoms with Gasteiger partial charge >= 0.3 is 12.4 Å². The second kappa shape index (κ2) is 5.27. The van der Waals surface area contributed by atoms with Crippen molar-refractivity contribution in [1.82, 2.24) is 10.3 Å². The van der Waals surface area contributed by atoms with E-state index in [2.05, 4.69) is 14.7 Å². The van der Waals surface area contributed by atoms with Crippen molar-refractivity contribution in [2.45, 2.75) is 51.1 Å². The predicted octanol–water partition coefficient (Wildman–Crippen LogP) is 3.77. The Balaban J connectivity index is 2.93. The third-order valence-corrected chi connectivity index (χ3v) is 2.28. The second-order valence-electron chi connectivity index (χ2n) is 5.28. The molecule has 0 radical (unpaired) electrons. The van der Waals surface area contributed by atoms with Gasteiger partial charge in [-0.3, -0.25) is 0 Å². The van der Waals surface area contributed by atoms with E-state index in [0.717, 1.165) is 0 Å². The molecule has 1 N–H and O–H groups in total. The largest absolute Gasteiger partial charge is 0.443 e. The minimum atomic E-state index is -5.48. The van der Waals surface area contributed by atoms with Crippen LogP contribution < -0.4 is 5.32 Å². The number of alkyl halides is 6. The second-order valence-corrected chi connectivity index (χ2v) is 5.28. The first-order valence-electron chi connectivity index (χ1n) is 5.64. The highest BCUT2D eigenvalue weighted by atomic mass is 19.4. The smallest absolute Gasteiger partial charge is 0.407 e. The van der Waals surface area contributed by atoms with E-state index in [1.54, 1.807) is 20.8 Å². The fraction of sp³-hybridized carbons (Fsp3) is 0.727. The molecule has 0 fully saturated rings. The predicted molar refractivity (Wildman–Crippen MR) is 57.9 cm³/mol. The molecule has 0 saturated heterocycles. The zero-order valence-electron chi connectivity index (χ0n) is 11.0. The van der Waals surface area contributed by atoms with Crippen LogP contribution in [0.2, 0.25) is 0 Å². The van der Waals surface area contributed by atoms with Crippen LogP contribution in [0, 0.1) is 0 Å². The van der Waals surface area contributed by atoms with Crippen molar-refractivity contribution < 1.29 is 30.8 Å². The number of oxazole rings is 1. The van der Waals surface area contributed by atoms with E-state index in [4.69, 9.17) is 0 Å². The molecule has 1 aromatic rings. The number of rotatable bonds is 3. The summed E-state index contributed by atoms with van der Waals surface area (Å²) >= 11 is 0. The molecule has 0 unspecified atom stereocenters. The first kappa shape index (κ1) is 16.8. The average Bonchev–Trinajstić information content (AvgIpc) is 2.57. The normalized spacial score (nSPS) is 14.1. The molecule has 0 aliphatic rings. The quantitative estimate of drug-likeness (QED) is 0.864. The average molecular weight is 304 g/mol. The lowest BCUT2D eigenvalue weighted by Crippen LogP contribution is -2.35. The number of hydrogen-bond acceptors (Lipinski definition) is 3. The minimum Gasteiger partial charge on any atom is -0.443 e. The highest BCUT2D eigenvalue weighted by Crippen LogP contribution is 2.46. The van der Waals surface area contributed by atoms with Gasteiger partial charge in [-0.25, -0.2) is 4.98 Å². The zero-order valence-corrected chi connectivity index (χ0v) is 11.0. The summed E-state index contributed by atoms with van der Waals surface area (Å²) in [6.07, 6.45) is -10.5. The molecule has 116 valence electrons. The Hall–Kier alpha value is -1.25. The molecule has 1 rings (SSSR count). The van der Waals surface area contributed by atoms with Crippen molar-refractivity contribution in [3.63, 3.8) is 0 Å². The lowest BCUT2D eigenvalue weighted by atomic mass is 10.1. The molecule has 0 aliphatic carbocycles. The lowest BCUT2D eigenvalue weighted by Gasteiger charge is -2.21. The Labute approximate surface area is 111 Å². The van der Waals surface area contributed by atoms with Crippen LogP contribution in [0.15, 0.2) is 10.6 Å². The van der Waals surface area contributed by atoms with Gasteiger partial charge in [0.15, 0.2) is 0 Å². The molecule has 20 heavy (non-hydrogen) atoms. The number of nitrogens with one attached hydrogen (secondary N) is 1. The van der Waals surface area contributed by atoms with Crippen LogP contribution in [-0.4, -0.2) is 22.9 Å². The van der Waals surface area contributed by atoms with Crippen molar-refractivity contribution >= 4 is 0 Å². The zero-order chi connectivity index (χ0) is 15.8. The number of nitrogens with zero attached hydrogens (tertiary/aromatic N) is 1. The molecule has 1 heterocycles. The van der Waals surface area contributed by atoms with E-state index < -0.39 is 24.0 Å². The Kier molecular flexibility index (Phi) is 4.42. The highest BCUT2D eigenvalue weighted by Gasteiger charge is 2.59. The van der Waals surface area contributed by atoms with Crippen molar-refractivity contribution in [3.05, 3.63) is 17.8 Å². The van der Waals surface area contributed by atoms with Gasteiger partial charge in [0.1, 0.15) is 5.76 Å². The van der Waals surface area contributed by atoms with Gasteiger partial charge < -0.3 is 9.73 Å². The van der Waals surface area contributed by atoms with Crippen molar-refractivity contribution in [2.75, 3.05) is 0 Å². The fourth-order valence-electron chi connectivity index (χ4n) is 1.39. The molecule has 3 nitrogen and oxygen atoms in total. The van der Waals surface area contributed by atoms with Crippen LogP contribution in [0.4, 0.5) is 26.3 Å². The molecule has 0 atom stereocenters. The summed E-state index contributed by atoms with van der Waals surface area (Å²) in [6, 6.07) is 0. The molecule has 0 spiro atoms. The van der Waals surface area contributed by atoms with E-state index in [9.17, 15) is 26.3 Å². The van der Waals surface area contributed by atoms with Gasteiger partial charge in [-0.05, 0) is 20.8 Å². The van der Waals surface area contributed by atoms with Gasteiger partial charge in [0.05, 0.1) is 12.7 Å². The molecule has 0 amide bonds. The van der Waals surface area contributed by atoms with Gasteiger partial charge in [-0.1, -0.05) is 0 Å². The van der Waals surface area contributed by atoms with Gasteiger partial charge in [-0.15, -0.1) is 0 Å². The number of hydrogen-bond donors (Lipinski definition) is 1. The number of halogens is 6. The Morgan fingerprint density at radius 3 is 2.00 bits per heavy atom. The molecular weight excluding hydrogens is 290 g/mol. The van der Waals surface area contributed by atoms with Crippen molar-refractivity contribution in [2.24, 2.45) is 0 Å². The third-order valence-electron chi connectivity index (χ3n) is 2.28. The van der Waals surface area contributed by atoms with Crippen LogP contribution in [0.25, 0.3) is 0 Å². The molecule has 0 aromatic carbocycles. The molecule has 0 saturated carbocycles. The van der Waals surface area contributed by atoms with Gasteiger partial charge in [0.25, 0.3) is 0 Å². The van der Waals surface area contributed by atoms with E-state index in [1.807, 2.05) is 0 Å².